The molecule has 0 bridgehead atoms. The van der Waals surface area contributed by atoms with Crippen LogP contribution >= 0.6 is 15.9 Å². The first-order valence-electron chi connectivity index (χ1n) is 6.49. The highest BCUT2D eigenvalue weighted by Crippen LogP contribution is 2.17. The van der Waals surface area contributed by atoms with Crippen molar-refractivity contribution < 1.29 is 14.5 Å². The molecule has 0 aliphatic rings. The topological polar surface area (TPSA) is 93.8 Å². The summed E-state index contributed by atoms with van der Waals surface area (Å²) in [4.78, 5) is 21.6. The fourth-order valence-electron chi connectivity index (χ4n) is 1.57. The van der Waals surface area contributed by atoms with Crippen LogP contribution in [0.2, 0.25) is 0 Å². The van der Waals surface area contributed by atoms with Gasteiger partial charge >= 0.3 is 0 Å². The quantitative estimate of drug-likeness (QED) is 0.475. The van der Waals surface area contributed by atoms with Gasteiger partial charge in [0.2, 0.25) is 0 Å². The first kappa shape index (κ1) is 16.6. The zero-order chi connectivity index (χ0) is 16.7. The summed E-state index contributed by atoms with van der Waals surface area (Å²) in [5.74, 6) is -0.0700. The number of nitro benzene ring substituents is 1. The average Bonchev–Trinajstić information content (AvgIpc) is 2.55. The minimum atomic E-state index is -0.507. The third-order valence-electron chi connectivity index (χ3n) is 2.69. The number of hydrazone groups is 1. The Morgan fingerprint density at radius 1 is 1.22 bits per heavy atom. The maximum atomic E-state index is 11.6. The van der Waals surface area contributed by atoms with Crippen molar-refractivity contribution in [2.24, 2.45) is 5.10 Å². The van der Waals surface area contributed by atoms with Gasteiger partial charge < -0.3 is 4.74 Å². The van der Waals surface area contributed by atoms with Crippen LogP contribution in [0, 0.1) is 10.1 Å². The lowest BCUT2D eigenvalue weighted by Gasteiger charge is -2.04. The molecule has 7 nitrogen and oxygen atoms in total. The van der Waals surface area contributed by atoms with Crippen molar-refractivity contribution in [3.63, 3.8) is 0 Å². The third-order valence-corrected chi connectivity index (χ3v) is 3.22. The van der Waals surface area contributed by atoms with E-state index in [1.54, 1.807) is 0 Å². The Balaban J connectivity index is 1.78. The minimum Gasteiger partial charge on any atom is -0.484 e. The zero-order valence-electron chi connectivity index (χ0n) is 11.8. The molecule has 2 rings (SSSR count). The van der Waals surface area contributed by atoms with Gasteiger partial charge in [0.1, 0.15) is 5.75 Å². The highest BCUT2D eigenvalue weighted by atomic mass is 79.9. The fourth-order valence-corrected chi connectivity index (χ4v) is 1.84. The van der Waals surface area contributed by atoms with Crippen LogP contribution in [0.3, 0.4) is 0 Å². The zero-order valence-corrected chi connectivity index (χ0v) is 13.4. The largest absolute Gasteiger partial charge is 0.484 e. The predicted octanol–water partition coefficient (Wildman–Crippen LogP) is 2.89. The van der Waals surface area contributed by atoms with Gasteiger partial charge in [0.25, 0.3) is 11.6 Å². The smallest absolute Gasteiger partial charge is 0.277 e. The second-order valence-corrected chi connectivity index (χ2v) is 5.30. The minimum absolute atomic E-state index is 0.0408. The second kappa shape index (κ2) is 8.04. The molecule has 0 heterocycles. The SMILES string of the molecule is O=C(COc1ccc([N+](=O)[O-])cc1)NN=Cc1ccc(Br)cc1. The van der Waals surface area contributed by atoms with Crippen LogP contribution in [0.1, 0.15) is 5.56 Å². The Hall–Kier alpha value is -2.74. The molecular formula is C15H12BrN3O4. The number of nitrogens with zero attached hydrogens (tertiary/aromatic N) is 2. The molecule has 0 unspecified atom stereocenters. The number of rotatable bonds is 6. The van der Waals surface area contributed by atoms with Gasteiger partial charge in [-0.05, 0) is 29.8 Å². The summed E-state index contributed by atoms with van der Waals surface area (Å²) in [5.41, 5.74) is 3.13. The van der Waals surface area contributed by atoms with Crippen LogP contribution in [0.15, 0.2) is 58.1 Å². The van der Waals surface area contributed by atoms with Crippen molar-refractivity contribution in [2.45, 2.75) is 0 Å². The van der Waals surface area contributed by atoms with E-state index in [-0.39, 0.29) is 12.3 Å². The lowest BCUT2D eigenvalue weighted by molar-refractivity contribution is -0.384. The highest BCUT2D eigenvalue weighted by molar-refractivity contribution is 9.10. The highest BCUT2D eigenvalue weighted by Gasteiger charge is 2.06. The number of nitro groups is 1. The van der Waals surface area contributed by atoms with Crippen molar-refractivity contribution in [2.75, 3.05) is 6.61 Å². The Labute approximate surface area is 140 Å². The molecule has 0 aliphatic carbocycles. The van der Waals surface area contributed by atoms with E-state index in [1.165, 1.54) is 30.5 Å². The van der Waals surface area contributed by atoms with E-state index in [1.807, 2.05) is 24.3 Å². The molecule has 8 heteroatoms. The Kier molecular flexibility index (Phi) is 5.81. The fraction of sp³-hybridized carbons (Fsp3) is 0.0667. The van der Waals surface area contributed by atoms with Crippen molar-refractivity contribution >= 4 is 33.7 Å². The van der Waals surface area contributed by atoms with Gasteiger partial charge in [0.05, 0.1) is 11.1 Å². The summed E-state index contributed by atoms with van der Waals surface area (Å²) >= 11 is 3.32. The van der Waals surface area contributed by atoms with E-state index in [2.05, 4.69) is 26.5 Å². The van der Waals surface area contributed by atoms with Crippen LogP contribution < -0.4 is 10.2 Å². The number of non-ortho nitro benzene ring substituents is 1. The molecule has 0 atom stereocenters. The number of hydrogen-bond acceptors (Lipinski definition) is 5. The molecule has 0 saturated carbocycles. The van der Waals surface area contributed by atoms with Crippen molar-refractivity contribution in [3.05, 3.63) is 68.7 Å². The molecule has 118 valence electrons. The normalized spacial score (nSPS) is 10.5. The van der Waals surface area contributed by atoms with Crippen LogP contribution in [-0.4, -0.2) is 23.7 Å². The number of amides is 1. The molecular weight excluding hydrogens is 366 g/mol. The molecule has 0 aliphatic heterocycles. The van der Waals surface area contributed by atoms with E-state index in [0.717, 1.165) is 10.0 Å². The molecule has 0 fully saturated rings. The van der Waals surface area contributed by atoms with Gasteiger partial charge in [-0.2, -0.15) is 5.10 Å². The predicted molar refractivity (Wildman–Crippen MR) is 88.5 cm³/mol. The van der Waals surface area contributed by atoms with Gasteiger partial charge in [0.15, 0.2) is 6.61 Å². The van der Waals surface area contributed by atoms with E-state index < -0.39 is 10.8 Å². The Morgan fingerprint density at radius 3 is 2.48 bits per heavy atom. The summed E-state index contributed by atoms with van der Waals surface area (Å²) in [5, 5.41) is 14.3. The van der Waals surface area contributed by atoms with E-state index >= 15 is 0 Å². The molecule has 0 aromatic heterocycles. The standard InChI is InChI=1S/C15H12BrN3O4/c16-12-3-1-11(2-4-12)9-17-18-15(20)10-23-14-7-5-13(6-8-14)19(21)22/h1-9H,10H2,(H,18,20). The Morgan fingerprint density at radius 2 is 1.87 bits per heavy atom. The molecule has 1 N–H and O–H groups in total. The monoisotopic (exact) mass is 377 g/mol. The number of ether oxygens (including phenoxy) is 1. The van der Waals surface area contributed by atoms with E-state index in [0.29, 0.717) is 5.75 Å². The van der Waals surface area contributed by atoms with Crippen LogP contribution in [0.25, 0.3) is 0 Å². The maximum absolute atomic E-state index is 11.6. The van der Waals surface area contributed by atoms with Crippen LogP contribution in [0.5, 0.6) is 5.75 Å². The number of carbonyl (C=O) groups is 1. The molecule has 0 radical (unpaired) electrons. The summed E-state index contributed by atoms with van der Waals surface area (Å²) < 4.78 is 6.16. The van der Waals surface area contributed by atoms with E-state index in [9.17, 15) is 14.9 Å². The number of carbonyl (C=O) groups excluding carboxylic acids is 1. The van der Waals surface area contributed by atoms with Crippen LogP contribution in [0.4, 0.5) is 5.69 Å². The molecule has 0 spiro atoms. The van der Waals surface area contributed by atoms with Crippen molar-refractivity contribution in [1.82, 2.24) is 5.43 Å². The molecule has 23 heavy (non-hydrogen) atoms. The van der Waals surface area contributed by atoms with Gasteiger partial charge in [-0.1, -0.05) is 28.1 Å². The lowest BCUT2D eigenvalue weighted by atomic mass is 10.2. The van der Waals surface area contributed by atoms with Gasteiger partial charge in [-0.25, -0.2) is 5.43 Å². The number of halogens is 1. The lowest BCUT2D eigenvalue weighted by Crippen LogP contribution is -2.24. The maximum Gasteiger partial charge on any atom is 0.277 e. The van der Waals surface area contributed by atoms with Crippen molar-refractivity contribution in [3.8, 4) is 5.75 Å². The average molecular weight is 378 g/mol. The second-order valence-electron chi connectivity index (χ2n) is 4.38. The van der Waals surface area contributed by atoms with Gasteiger partial charge in [-0.15, -0.1) is 0 Å². The van der Waals surface area contributed by atoms with Crippen LogP contribution in [-0.2, 0) is 4.79 Å². The number of hydrogen-bond donors (Lipinski definition) is 1. The van der Waals surface area contributed by atoms with Gasteiger partial charge in [0, 0.05) is 16.6 Å². The first-order chi connectivity index (χ1) is 11.0. The number of benzene rings is 2. The summed E-state index contributed by atoms with van der Waals surface area (Å²) in [6.07, 6.45) is 1.51. The summed E-state index contributed by atoms with van der Waals surface area (Å²) in [6.45, 7) is -0.241. The van der Waals surface area contributed by atoms with Crippen molar-refractivity contribution in [1.29, 1.82) is 0 Å². The van der Waals surface area contributed by atoms with Gasteiger partial charge in [-0.3, -0.25) is 14.9 Å². The van der Waals surface area contributed by atoms with E-state index in [4.69, 9.17) is 4.74 Å². The molecule has 2 aromatic rings. The molecule has 0 saturated heterocycles. The first-order valence-corrected chi connectivity index (χ1v) is 7.28. The number of nitrogens with one attached hydrogen (secondary N) is 1. The third kappa shape index (κ3) is 5.51. The molecule has 1 amide bonds. The Bertz CT molecular complexity index is 715. The molecule has 2 aromatic carbocycles. The summed E-state index contributed by atoms with van der Waals surface area (Å²) in [7, 11) is 0. The summed E-state index contributed by atoms with van der Waals surface area (Å²) in [6, 6.07) is 12.9.